The van der Waals surface area contributed by atoms with Crippen molar-refractivity contribution in [2.75, 3.05) is 10.6 Å². The highest BCUT2D eigenvalue weighted by atomic mass is 35.5. The first-order valence-electron chi connectivity index (χ1n) is 8.02. The average molecular weight is 374 g/mol. The van der Waals surface area contributed by atoms with Crippen LogP contribution < -0.4 is 15.7 Å². The SMILES string of the molecule is Cc1ccc(Cl)cc1NC(=O)c1cccc(NC(=O)CCCC(=O)[O-])c1. The van der Waals surface area contributed by atoms with E-state index in [-0.39, 0.29) is 31.1 Å². The van der Waals surface area contributed by atoms with Crippen LogP contribution in [0, 0.1) is 6.92 Å². The molecule has 0 saturated carbocycles. The predicted molar refractivity (Wildman–Crippen MR) is 98.1 cm³/mol. The van der Waals surface area contributed by atoms with Crippen LogP contribution in [0.2, 0.25) is 5.02 Å². The van der Waals surface area contributed by atoms with Gasteiger partial charge in [0.15, 0.2) is 0 Å². The Balaban J connectivity index is 2.01. The van der Waals surface area contributed by atoms with Crippen molar-refractivity contribution in [2.24, 2.45) is 0 Å². The number of anilines is 2. The summed E-state index contributed by atoms with van der Waals surface area (Å²) in [5, 5.41) is 16.3. The van der Waals surface area contributed by atoms with Gasteiger partial charge in [-0.05, 0) is 55.7 Å². The lowest BCUT2D eigenvalue weighted by molar-refractivity contribution is -0.305. The summed E-state index contributed by atoms with van der Waals surface area (Å²) < 4.78 is 0. The molecule has 2 aromatic carbocycles. The van der Waals surface area contributed by atoms with Gasteiger partial charge in [-0.3, -0.25) is 9.59 Å². The number of aliphatic carboxylic acids is 1. The van der Waals surface area contributed by atoms with E-state index in [9.17, 15) is 19.5 Å². The quantitative estimate of drug-likeness (QED) is 0.779. The third kappa shape index (κ3) is 5.89. The van der Waals surface area contributed by atoms with E-state index in [4.69, 9.17) is 11.6 Å². The number of nitrogens with one attached hydrogen (secondary N) is 2. The number of hydrogen-bond acceptors (Lipinski definition) is 4. The first-order chi connectivity index (χ1) is 12.3. The maximum atomic E-state index is 12.4. The molecule has 136 valence electrons. The number of rotatable bonds is 7. The summed E-state index contributed by atoms with van der Waals surface area (Å²) in [7, 11) is 0. The predicted octanol–water partition coefficient (Wildman–Crippen LogP) is 2.76. The lowest BCUT2D eigenvalue weighted by Gasteiger charge is -2.10. The third-order valence-corrected chi connectivity index (χ3v) is 3.88. The van der Waals surface area contributed by atoms with Crippen molar-refractivity contribution in [3.63, 3.8) is 0 Å². The summed E-state index contributed by atoms with van der Waals surface area (Å²) in [6.45, 7) is 1.86. The summed E-state index contributed by atoms with van der Waals surface area (Å²) in [6, 6.07) is 11.7. The topological polar surface area (TPSA) is 98.3 Å². The smallest absolute Gasteiger partial charge is 0.255 e. The fraction of sp³-hybridized carbons (Fsp3) is 0.211. The van der Waals surface area contributed by atoms with Crippen molar-refractivity contribution in [1.82, 2.24) is 0 Å². The second-order valence-corrected chi connectivity index (χ2v) is 6.20. The Kier molecular flexibility index (Phi) is 6.74. The molecule has 0 aliphatic heterocycles. The van der Waals surface area contributed by atoms with E-state index < -0.39 is 5.97 Å². The molecule has 7 heteroatoms. The minimum atomic E-state index is -1.19. The van der Waals surface area contributed by atoms with Crippen LogP contribution in [-0.4, -0.2) is 17.8 Å². The lowest BCUT2D eigenvalue weighted by Crippen LogP contribution is -2.22. The number of aryl methyl sites for hydroxylation is 1. The van der Waals surface area contributed by atoms with Crippen LogP contribution in [0.3, 0.4) is 0 Å². The molecular formula is C19H18ClN2O4-. The maximum Gasteiger partial charge on any atom is 0.255 e. The highest BCUT2D eigenvalue weighted by Crippen LogP contribution is 2.21. The molecule has 0 fully saturated rings. The lowest BCUT2D eigenvalue weighted by atomic mass is 10.1. The molecule has 2 rings (SSSR count). The van der Waals surface area contributed by atoms with E-state index in [1.165, 1.54) is 0 Å². The zero-order valence-electron chi connectivity index (χ0n) is 14.2. The van der Waals surface area contributed by atoms with Crippen LogP contribution in [-0.2, 0) is 9.59 Å². The number of hydrogen-bond donors (Lipinski definition) is 2. The third-order valence-electron chi connectivity index (χ3n) is 3.64. The second-order valence-electron chi connectivity index (χ2n) is 5.77. The van der Waals surface area contributed by atoms with E-state index in [1.54, 1.807) is 42.5 Å². The van der Waals surface area contributed by atoms with Gasteiger partial charge in [0, 0.05) is 34.4 Å². The molecule has 2 aromatic rings. The van der Waals surface area contributed by atoms with Crippen LogP contribution in [0.5, 0.6) is 0 Å². The van der Waals surface area contributed by atoms with E-state index >= 15 is 0 Å². The molecule has 0 aliphatic rings. The molecule has 0 bridgehead atoms. The Morgan fingerprint density at radius 2 is 1.81 bits per heavy atom. The molecular weight excluding hydrogens is 356 g/mol. The minimum Gasteiger partial charge on any atom is -0.550 e. The van der Waals surface area contributed by atoms with Crippen LogP contribution in [0.4, 0.5) is 11.4 Å². The first-order valence-corrected chi connectivity index (χ1v) is 8.40. The van der Waals surface area contributed by atoms with Crippen molar-refractivity contribution < 1.29 is 19.5 Å². The van der Waals surface area contributed by atoms with Gasteiger partial charge in [0.25, 0.3) is 5.91 Å². The fourth-order valence-corrected chi connectivity index (χ4v) is 2.45. The Labute approximate surface area is 156 Å². The number of carboxylic acids is 1. The second kappa shape index (κ2) is 9.01. The number of amides is 2. The fourth-order valence-electron chi connectivity index (χ4n) is 2.28. The van der Waals surface area contributed by atoms with Crippen molar-refractivity contribution in [3.05, 3.63) is 58.6 Å². The van der Waals surface area contributed by atoms with Gasteiger partial charge in [-0.2, -0.15) is 0 Å². The number of halogens is 1. The summed E-state index contributed by atoms with van der Waals surface area (Å²) in [6.07, 6.45) is 0.0867. The zero-order chi connectivity index (χ0) is 19.1. The highest BCUT2D eigenvalue weighted by Gasteiger charge is 2.10. The van der Waals surface area contributed by atoms with Gasteiger partial charge >= 0.3 is 0 Å². The molecule has 26 heavy (non-hydrogen) atoms. The van der Waals surface area contributed by atoms with Crippen molar-refractivity contribution in [2.45, 2.75) is 26.2 Å². The van der Waals surface area contributed by atoms with Gasteiger partial charge < -0.3 is 20.5 Å². The van der Waals surface area contributed by atoms with Gasteiger partial charge in [-0.15, -0.1) is 0 Å². The van der Waals surface area contributed by atoms with E-state index in [0.29, 0.717) is 22.0 Å². The standard InChI is InChI=1S/C19H19ClN2O4/c1-12-8-9-14(20)11-16(12)22-19(26)13-4-2-5-15(10-13)21-17(23)6-3-7-18(24)25/h2,4-5,8-11H,3,6-7H2,1H3,(H,21,23)(H,22,26)(H,24,25)/p-1. The normalized spacial score (nSPS) is 10.2. The Bertz CT molecular complexity index is 836. The summed E-state index contributed by atoms with van der Waals surface area (Å²) >= 11 is 5.95. The molecule has 0 atom stereocenters. The Morgan fingerprint density at radius 1 is 1.04 bits per heavy atom. The number of carbonyl (C=O) groups is 3. The highest BCUT2D eigenvalue weighted by molar-refractivity contribution is 6.31. The Morgan fingerprint density at radius 3 is 2.54 bits per heavy atom. The molecule has 0 saturated heterocycles. The molecule has 0 heterocycles. The van der Waals surface area contributed by atoms with Crippen molar-refractivity contribution >= 4 is 40.8 Å². The van der Waals surface area contributed by atoms with Crippen LogP contribution >= 0.6 is 11.6 Å². The summed E-state index contributed by atoms with van der Waals surface area (Å²) in [4.78, 5) is 34.6. The van der Waals surface area contributed by atoms with E-state index in [1.807, 2.05) is 6.92 Å². The molecule has 2 N–H and O–H groups in total. The van der Waals surface area contributed by atoms with Crippen LogP contribution in [0.25, 0.3) is 0 Å². The van der Waals surface area contributed by atoms with Gasteiger partial charge in [0.05, 0.1) is 0 Å². The zero-order valence-corrected chi connectivity index (χ0v) is 14.9. The molecule has 0 spiro atoms. The van der Waals surface area contributed by atoms with Gasteiger partial charge in [0.1, 0.15) is 0 Å². The first kappa shape index (κ1) is 19.5. The summed E-state index contributed by atoms with van der Waals surface area (Å²) in [5.74, 6) is -1.84. The minimum absolute atomic E-state index is 0.0616. The van der Waals surface area contributed by atoms with Crippen molar-refractivity contribution in [1.29, 1.82) is 0 Å². The molecule has 0 unspecified atom stereocenters. The molecule has 0 aromatic heterocycles. The van der Waals surface area contributed by atoms with Gasteiger partial charge in [0.2, 0.25) is 5.91 Å². The monoisotopic (exact) mass is 373 g/mol. The van der Waals surface area contributed by atoms with Crippen molar-refractivity contribution in [3.8, 4) is 0 Å². The average Bonchev–Trinajstić information content (AvgIpc) is 2.58. The Hall–Kier alpha value is -2.86. The summed E-state index contributed by atoms with van der Waals surface area (Å²) in [5.41, 5.74) is 2.31. The number of carboxylic acid groups (broad SMARTS) is 1. The molecule has 0 radical (unpaired) electrons. The molecule has 0 aliphatic carbocycles. The maximum absolute atomic E-state index is 12.4. The van der Waals surface area contributed by atoms with Gasteiger partial charge in [-0.1, -0.05) is 23.7 Å². The van der Waals surface area contributed by atoms with Crippen LogP contribution in [0.15, 0.2) is 42.5 Å². The van der Waals surface area contributed by atoms with E-state index in [2.05, 4.69) is 10.6 Å². The van der Waals surface area contributed by atoms with Gasteiger partial charge in [-0.25, -0.2) is 0 Å². The molecule has 2 amide bonds. The van der Waals surface area contributed by atoms with E-state index in [0.717, 1.165) is 5.56 Å². The molecule has 6 nitrogen and oxygen atoms in total. The number of benzene rings is 2. The largest absolute Gasteiger partial charge is 0.550 e. The number of carbonyl (C=O) groups excluding carboxylic acids is 3. The van der Waals surface area contributed by atoms with Crippen LogP contribution in [0.1, 0.15) is 35.2 Å².